The van der Waals surface area contributed by atoms with Crippen molar-refractivity contribution in [2.75, 3.05) is 7.11 Å². The summed E-state index contributed by atoms with van der Waals surface area (Å²) in [5.41, 5.74) is 1.92. The van der Waals surface area contributed by atoms with Gasteiger partial charge in [-0.05, 0) is 63.9 Å². The Labute approximate surface area is 188 Å². The molecule has 0 radical (unpaired) electrons. The molecule has 1 atom stereocenters. The highest BCUT2D eigenvalue weighted by Gasteiger charge is 2.23. The Bertz CT molecular complexity index is 995. The van der Waals surface area contributed by atoms with E-state index in [0.717, 1.165) is 28.7 Å². The van der Waals surface area contributed by atoms with E-state index in [1.54, 1.807) is 7.11 Å². The molecule has 3 rings (SSSR count). The van der Waals surface area contributed by atoms with Crippen molar-refractivity contribution in [3.8, 4) is 17.1 Å². The van der Waals surface area contributed by atoms with Crippen LogP contribution < -0.4 is 10.1 Å². The minimum atomic E-state index is -0.289. The molecular formula is C24H30N4O2S. The van der Waals surface area contributed by atoms with Crippen LogP contribution in [0.4, 0.5) is 0 Å². The molecule has 2 aromatic carbocycles. The van der Waals surface area contributed by atoms with E-state index >= 15 is 0 Å². The monoisotopic (exact) mass is 438 g/mol. The van der Waals surface area contributed by atoms with Crippen molar-refractivity contribution in [3.63, 3.8) is 0 Å². The van der Waals surface area contributed by atoms with Gasteiger partial charge in [0, 0.05) is 17.6 Å². The lowest BCUT2D eigenvalue weighted by Gasteiger charge is -2.23. The summed E-state index contributed by atoms with van der Waals surface area (Å²) < 4.78 is 7.37. The number of methoxy groups -OCH3 is 1. The van der Waals surface area contributed by atoms with E-state index in [1.165, 1.54) is 17.3 Å². The standard InChI is InChI=1S/C24H30N4O2S/c1-17(22(29)25-24(2,3)4)31-23-27-26-21(19-11-13-20(30-5)14-12-19)28(23)16-15-18-9-7-6-8-10-18/h6-14,17H,15-16H2,1-5H3,(H,25,29). The first kappa shape index (κ1) is 22.9. The van der Waals surface area contributed by atoms with Crippen LogP contribution in [0, 0.1) is 0 Å². The van der Waals surface area contributed by atoms with Crippen molar-refractivity contribution in [1.29, 1.82) is 0 Å². The molecule has 0 saturated carbocycles. The van der Waals surface area contributed by atoms with Gasteiger partial charge < -0.3 is 14.6 Å². The summed E-state index contributed by atoms with van der Waals surface area (Å²) in [5.74, 6) is 1.56. The van der Waals surface area contributed by atoms with Crippen molar-refractivity contribution in [2.45, 2.75) is 56.6 Å². The molecule has 3 aromatic rings. The second kappa shape index (κ2) is 10.0. The van der Waals surface area contributed by atoms with Crippen LogP contribution in [0.15, 0.2) is 59.8 Å². The maximum Gasteiger partial charge on any atom is 0.233 e. The van der Waals surface area contributed by atoms with Crippen molar-refractivity contribution in [1.82, 2.24) is 20.1 Å². The minimum absolute atomic E-state index is 0.0129. The molecule has 1 unspecified atom stereocenters. The fourth-order valence-electron chi connectivity index (χ4n) is 3.10. The molecule has 164 valence electrons. The summed E-state index contributed by atoms with van der Waals surface area (Å²) in [6.45, 7) is 8.55. The summed E-state index contributed by atoms with van der Waals surface area (Å²) in [6, 6.07) is 18.1. The number of hydrogen-bond acceptors (Lipinski definition) is 5. The predicted molar refractivity (Wildman–Crippen MR) is 125 cm³/mol. The average Bonchev–Trinajstić information content (AvgIpc) is 3.14. The third-order valence-corrected chi connectivity index (χ3v) is 5.76. The van der Waals surface area contributed by atoms with Crippen LogP contribution in [0.1, 0.15) is 33.3 Å². The zero-order valence-corrected chi connectivity index (χ0v) is 19.6. The predicted octanol–water partition coefficient (Wildman–Crippen LogP) is 4.59. The number of nitrogens with one attached hydrogen (secondary N) is 1. The maximum absolute atomic E-state index is 12.6. The first-order valence-corrected chi connectivity index (χ1v) is 11.2. The van der Waals surface area contributed by atoms with Gasteiger partial charge in [-0.3, -0.25) is 4.79 Å². The Morgan fingerprint density at radius 2 is 1.77 bits per heavy atom. The second-order valence-corrected chi connectivity index (χ2v) is 9.73. The van der Waals surface area contributed by atoms with Crippen molar-refractivity contribution < 1.29 is 9.53 Å². The Balaban J connectivity index is 1.87. The number of thioether (sulfide) groups is 1. The average molecular weight is 439 g/mol. The van der Waals surface area contributed by atoms with Gasteiger partial charge in [0.05, 0.1) is 12.4 Å². The van der Waals surface area contributed by atoms with E-state index in [4.69, 9.17) is 4.74 Å². The third-order valence-electron chi connectivity index (χ3n) is 4.68. The van der Waals surface area contributed by atoms with Crippen molar-refractivity contribution in [3.05, 3.63) is 60.2 Å². The van der Waals surface area contributed by atoms with Crippen molar-refractivity contribution in [2.24, 2.45) is 0 Å². The van der Waals surface area contributed by atoms with Gasteiger partial charge in [0.2, 0.25) is 5.91 Å². The van der Waals surface area contributed by atoms with Gasteiger partial charge in [0.25, 0.3) is 0 Å². The molecule has 0 bridgehead atoms. The van der Waals surface area contributed by atoms with Crippen LogP contribution in [-0.2, 0) is 17.8 Å². The summed E-state index contributed by atoms with van der Waals surface area (Å²) >= 11 is 1.43. The quantitative estimate of drug-likeness (QED) is 0.521. The first-order chi connectivity index (χ1) is 14.8. The minimum Gasteiger partial charge on any atom is -0.497 e. The number of ether oxygens (including phenoxy) is 1. The second-order valence-electron chi connectivity index (χ2n) is 8.42. The SMILES string of the molecule is COc1ccc(-c2nnc(SC(C)C(=O)NC(C)(C)C)n2CCc2ccccc2)cc1. The lowest BCUT2D eigenvalue weighted by molar-refractivity contribution is -0.121. The largest absolute Gasteiger partial charge is 0.497 e. The van der Waals surface area contributed by atoms with Gasteiger partial charge in [-0.25, -0.2) is 0 Å². The molecule has 1 aromatic heterocycles. The number of amides is 1. The Hall–Kier alpha value is -2.80. The number of aromatic nitrogens is 3. The third kappa shape index (κ3) is 6.34. The number of carbonyl (C=O) groups excluding carboxylic acids is 1. The zero-order valence-electron chi connectivity index (χ0n) is 18.8. The number of nitrogens with zero attached hydrogens (tertiary/aromatic N) is 3. The number of carbonyl (C=O) groups is 1. The number of benzene rings is 2. The molecule has 1 amide bonds. The van der Waals surface area contributed by atoms with E-state index in [-0.39, 0.29) is 16.7 Å². The van der Waals surface area contributed by atoms with E-state index < -0.39 is 0 Å². The highest BCUT2D eigenvalue weighted by molar-refractivity contribution is 8.00. The molecule has 0 aliphatic carbocycles. The highest BCUT2D eigenvalue weighted by Crippen LogP contribution is 2.28. The van der Waals surface area contributed by atoms with E-state index in [9.17, 15) is 4.79 Å². The lowest BCUT2D eigenvalue weighted by atomic mass is 10.1. The number of hydrogen-bond donors (Lipinski definition) is 1. The van der Waals surface area contributed by atoms with Crippen molar-refractivity contribution >= 4 is 17.7 Å². The number of aryl methyl sites for hydroxylation is 1. The Kier molecular flexibility index (Phi) is 7.38. The van der Waals surface area contributed by atoms with Crippen LogP contribution in [0.25, 0.3) is 11.4 Å². The Morgan fingerprint density at radius 3 is 2.39 bits per heavy atom. The Morgan fingerprint density at radius 1 is 1.10 bits per heavy atom. The molecule has 0 spiro atoms. The molecule has 7 heteroatoms. The lowest BCUT2D eigenvalue weighted by Crippen LogP contribution is -2.44. The molecule has 31 heavy (non-hydrogen) atoms. The smallest absolute Gasteiger partial charge is 0.233 e. The summed E-state index contributed by atoms with van der Waals surface area (Å²) in [4.78, 5) is 12.6. The zero-order chi connectivity index (χ0) is 22.4. The fourth-order valence-corrected chi connectivity index (χ4v) is 3.97. The van der Waals surface area contributed by atoms with E-state index in [1.807, 2.05) is 70.2 Å². The topological polar surface area (TPSA) is 69.0 Å². The normalized spacial score (nSPS) is 12.4. The highest BCUT2D eigenvalue weighted by atomic mass is 32.2. The molecule has 0 aliphatic heterocycles. The fraction of sp³-hybridized carbons (Fsp3) is 0.375. The molecule has 0 fully saturated rings. The number of rotatable bonds is 8. The van der Waals surface area contributed by atoms with Crippen LogP contribution in [0.5, 0.6) is 5.75 Å². The van der Waals surface area contributed by atoms with Gasteiger partial charge >= 0.3 is 0 Å². The molecule has 1 heterocycles. The van der Waals surface area contributed by atoms with Crippen LogP contribution in [0.2, 0.25) is 0 Å². The van der Waals surface area contributed by atoms with Crippen LogP contribution in [0.3, 0.4) is 0 Å². The maximum atomic E-state index is 12.6. The molecule has 0 saturated heterocycles. The summed E-state index contributed by atoms with van der Waals surface area (Å²) in [6.07, 6.45) is 0.845. The molecule has 1 N–H and O–H groups in total. The van der Waals surface area contributed by atoms with Gasteiger partial charge in [-0.1, -0.05) is 42.1 Å². The first-order valence-electron chi connectivity index (χ1n) is 10.4. The van der Waals surface area contributed by atoms with Crippen LogP contribution in [-0.4, -0.2) is 38.6 Å². The molecule has 6 nitrogen and oxygen atoms in total. The van der Waals surface area contributed by atoms with Gasteiger partial charge in [0.1, 0.15) is 5.75 Å². The summed E-state index contributed by atoms with van der Waals surface area (Å²) in [5, 5.41) is 12.4. The van der Waals surface area contributed by atoms with E-state index in [0.29, 0.717) is 6.54 Å². The van der Waals surface area contributed by atoms with Gasteiger partial charge in [-0.2, -0.15) is 0 Å². The van der Waals surface area contributed by atoms with E-state index in [2.05, 4.69) is 32.2 Å². The molecule has 0 aliphatic rings. The van der Waals surface area contributed by atoms with Gasteiger partial charge in [0.15, 0.2) is 11.0 Å². The van der Waals surface area contributed by atoms with Crippen LogP contribution >= 0.6 is 11.8 Å². The van der Waals surface area contributed by atoms with Gasteiger partial charge in [-0.15, -0.1) is 10.2 Å². The summed E-state index contributed by atoms with van der Waals surface area (Å²) in [7, 11) is 1.65. The molecular weight excluding hydrogens is 408 g/mol.